The van der Waals surface area contributed by atoms with E-state index in [4.69, 9.17) is 0 Å². The van der Waals surface area contributed by atoms with Crippen LogP contribution in [0.5, 0.6) is 0 Å². The molecular formula is C12H22N2O3. The smallest absolute Gasteiger partial charge is 0.243 e. The molecule has 0 heterocycles. The molecule has 0 aromatic carbocycles. The van der Waals surface area contributed by atoms with Gasteiger partial charge in [0.25, 0.3) is 0 Å². The Balaban J connectivity index is 4.35. The minimum Gasteiger partial charge on any atom is -0.347 e. The topological polar surface area (TPSA) is 75.3 Å². The molecule has 2 N–H and O–H groups in total. The van der Waals surface area contributed by atoms with E-state index in [9.17, 15) is 14.4 Å². The van der Waals surface area contributed by atoms with E-state index in [1.54, 1.807) is 13.8 Å². The van der Waals surface area contributed by atoms with Gasteiger partial charge in [0.15, 0.2) is 5.78 Å². The lowest BCUT2D eigenvalue weighted by Crippen LogP contribution is -2.50. The van der Waals surface area contributed by atoms with Gasteiger partial charge >= 0.3 is 0 Å². The molecule has 0 fully saturated rings. The molecule has 0 aliphatic carbocycles. The second-order valence-electron chi connectivity index (χ2n) is 4.25. The zero-order chi connectivity index (χ0) is 13.4. The number of nitrogens with one attached hydrogen (secondary N) is 2. The van der Waals surface area contributed by atoms with Crippen molar-refractivity contribution < 1.29 is 14.4 Å². The normalized spacial score (nSPS) is 12.1. The van der Waals surface area contributed by atoms with Crippen LogP contribution < -0.4 is 10.6 Å². The van der Waals surface area contributed by atoms with Crippen molar-refractivity contribution in [2.24, 2.45) is 5.92 Å². The number of Topliss-reactive ketones (excluding diaryl/α,β-unsaturated/α-hetero) is 1. The predicted molar refractivity (Wildman–Crippen MR) is 65.4 cm³/mol. The van der Waals surface area contributed by atoms with Crippen LogP contribution in [-0.2, 0) is 14.4 Å². The second-order valence-corrected chi connectivity index (χ2v) is 4.25. The Labute approximate surface area is 102 Å². The Kier molecular flexibility index (Phi) is 7.18. The van der Waals surface area contributed by atoms with Crippen LogP contribution in [0.2, 0.25) is 0 Å². The number of hydrogen-bond acceptors (Lipinski definition) is 3. The van der Waals surface area contributed by atoms with Gasteiger partial charge in [-0.15, -0.1) is 0 Å². The van der Waals surface area contributed by atoms with Crippen LogP contribution in [0.25, 0.3) is 0 Å². The van der Waals surface area contributed by atoms with Crippen LogP contribution in [0, 0.1) is 5.92 Å². The van der Waals surface area contributed by atoms with Gasteiger partial charge in [-0.3, -0.25) is 14.4 Å². The Morgan fingerprint density at radius 2 is 1.65 bits per heavy atom. The van der Waals surface area contributed by atoms with Crippen LogP contribution in [0.15, 0.2) is 0 Å². The molecule has 0 aromatic heterocycles. The molecule has 2 amide bonds. The molecule has 0 saturated carbocycles. The third kappa shape index (κ3) is 6.04. The summed E-state index contributed by atoms with van der Waals surface area (Å²) in [6.45, 7) is 7.20. The summed E-state index contributed by atoms with van der Waals surface area (Å²) in [6, 6.07) is -0.577. The molecule has 0 aromatic rings. The summed E-state index contributed by atoms with van der Waals surface area (Å²) in [5.41, 5.74) is 0. The molecule has 5 heteroatoms. The van der Waals surface area contributed by atoms with Gasteiger partial charge in [-0.05, 0) is 5.92 Å². The van der Waals surface area contributed by atoms with Gasteiger partial charge in [-0.25, -0.2) is 0 Å². The van der Waals surface area contributed by atoms with Gasteiger partial charge in [0.2, 0.25) is 11.8 Å². The Morgan fingerprint density at radius 1 is 1.06 bits per heavy atom. The molecule has 98 valence electrons. The highest BCUT2D eigenvalue weighted by atomic mass is 16.2. The van der Waals surface area contributed by atoms with E-state index in [-0.39, 0.29) is 30.1 Å². The summed E-state index contributed by atoms with van der Waals surface area (Å²) in [6.07, 6.45) is 0.734. The third-order valence-corrected chi connectivity index (χ3v) is 2.44. The largest absolute Gasteiger partial charge is 0.347 e. The van der Waals surface area contributed by atoms with Crippen LogP contribution in [0.4, 0.5) is 0 Å². The van der Waals surface area contributed by atoms with E-state index < -0.39 is 6.04 Å². The van der Waals surface area contributed by atoms with E-state index in [1.807, 2.05) is 13.8 Å². The van der Waals surface area contributed by atoms with Crippen LogP contribution in [0.1, 0.15) is 40.5 Å². The Morgan fingerprint density at radius 3 is 2.06 bits per heavy atom. The van der Waals surface area contributed by atoms with Crippen molar-refractivity contribution in [2.75, 3.05) is 6.54 Å². The molecule has 0 aliphatic rings. The van der Waals surface area contributed by atoms with Crippen molar-refractivity contribution >= 4 is 17.6 Å². The fourth-order valence-corrected chi connectivity index (χ4v) is 1.23. The molecule has 0 bridgehead atoms. The minimum atomic E-state index is -0.577. The summed E-state index contributed by atoms with van der Waals surface area (Å²) in [4.78, 5) is 34.1. The molecule has 1 atom stereocenters. The SMILES string of the molecule is CCC(=O)CNC(=O)[C@@H](NC(=O)CC)C(C)C. The van der Waals surface area contributed by atoms with Gasteiger partial charge in [-0.2, -0.15) is 0 Å². The monoisotopic (exact) mass is 242 g/mol. The van der Waals surface area contributed by atoms with Gasteiger partial charge in [0.05, 0.1) is 6.54 Å². The number of carbonyl (C=O) groups excluding carboxylic acids is 3. The number of carbonyl (C=O) groups is 3. The van der Waals surface area contributed by atoms with Gasteiger partial charge in [0, 0.05) is 12.8 Å². The minimum absolute atomic E-state index is 0.0118. The highest BCUT2D eigenvalue weighted by molar-refractivity contribution is 5.91. The summed E-state index contributed by atoms with van der Waals surface area (Å²) < 4.78 is 0. The lowest BCUT2D eigenvalue weighted by molar-refractivity contribution is -0.130. The molecule has 17 heavy (non-hydrogen) atoms. The molecule has 0 unspecified atom stereocenters. The van der Waals surface area contributed by atoms with Crippen molar-refractivity contribution in [2.45, 2.75) is 46.6 Å². The van der Waals surface area contributed by atoms with Crippen molar-refractivity contribution in [3.8, 4) is 0 Å². The van der Waals surface area contributed by atoms with Crippen molar-refractivity contribution in [1.82, 2.24) is 10.6 Å². The first kappa shape index (κ1) is 15.6. The molecule has 0 saturated heterocycles. The molecule has 0 aliphatic heterocycles. The second kappa shape index (κ2) is 7.81. The Bertz CT molecular complexity index is 287. The van der Waals surface area contributed by atoms with Gasteiger partial charge < -0.3 is 10.6 Å². The fraction of sp³-hybridized carbons (Fsp3) is 0.750. The van der Waals surface area contributed by atoms with E-state index in [2.05, 4.69) is 10.6 Å². The average molecular weight is 242 g/mol. The van der Waals surface area contributed by atoms with Crippen molar-refractivity contribution in [3.05, 3.63) is 0 Å². The summed E-state index contributed by atoms with van der Waals surface area (Å²) in [7, 11) is 0. The summed E-state index contributed by atoms with van der Waals surface area (Å²) in [5.74, 6) is -0.505. The molecule has 5 nitrogen and oxygen atoms in total. The van der Waals surface area contributed by atoms with Crippen LogP contribution in [0.3, 0.4) is 0 Å². The number of ketones is 1. The van der Waals surface area contributed by atoms with Crippen molar-refractivity contribution in [3.63, 3.8) is 0 Å². The van der Waals surface area contributed by atoms with Crippen LogP contribution >= 0.6 is 0 Å². The van der Waals surface area contributed by atoms with Crippen molar-refractivity contribution in [1.29, 1.82) is 0 Å². The quantitative estimate of drug-likeness (QED) is 0.687. The van der Waals surface area contributed by atoms with Gasteiger partial charge in [-0.1, -0.05) is 27.7 Å². The van der Waals surface area contributed by atoms with E-state index in [1.165, 1.54) is 0 Å². The zero-order valence-electron chi connectivity index (χ0n) is 11.0. The van der Waals surface area contributed by atoms with Crippen LogP contribution in [-0.4, -0.2) is 30.2 Å². The molecule has 0 radical (unpaired) electrons. The first-order chi connectivity index (χ1) is 7.92. The highest BCUT2D eigenvalue weighted by Gasteiger charge is 2.23. The summed E-state index contributed by atoms with van der Waals surface area (Å²) >= 11 is 0. The Hall–Kier alpha value is -1.39. The van der Waals surface area contributed by atoms with Gasteiger partial charge in [0.1, 0.15) is 6.04 Å². The predicted octanol–water partition coefficient (Wildman–Crippen LogP) is 0.632. The third-order valence-electron chi connectivity index (χ3n) is 2.44. The van der Waals surface area contributed by atoms with E-state index in [0.717, 1.165) is 0 Å². The zero-order valence-corrected chi connectivity index (χ0v) is 11.0. The van der Waals surface area contributed by atoms with E-state index >= 15 is 0 Å². The summed E-state index contributed by atoms with van der Waals surface area (Å²) in [5, 5.41) is 5.19. The number of amides is 2. The lowest BCUT2D eigenvalue weighted by atomic mass is 10.0. The molecular weight excluding hydrogens is 220 g/mol. The maximum absolute atomic E-state index is 11.8. The fourth-order valence-electron chi connectivity index (χ4n) is 1.23. The standard InChI is InChI=1S/C12H22N2O3/c1-5-9(15)7-13-12(17)11(8(3)4)14-10(16)6-2/h8,11H,5-7H2,1-4H3,(H,13,17)(H,14,16)/t11-/m0/s1. The average Bonchev–Trinajstić information content (AvgIpc) is 2.31. The first-order valence-electron chi connectivity index (χ1n) is 6.01. The highest BCUT2D eigenvalue weighted by Crippen LogP contribution is 2.02. The molecule has 0 spiro atoms. The molecule has 0 rings (SSSR count). The first-order valence-corrected chi connectivity index (χ1v) is 6.01. The number of hydrogen-bond donors (Lipinski definition) is 2. The lowest BCUT2D eigenvalue weighted by Gasteiger charge is -2.21. The maximum Gasteiger partial charge on any atom is 0.243 e. The maximum atomic E-state index is 11.8. The number of rotatable bonds is 7. The van der Waals surface area contributed by atoms with E-state index in [0.29, 0.717) is 12.8 Å².